The average Bonchev–Trinajstić information content (AvgIpc) is 2.83. The molecule has 7 heteroatoms. The molecule has 0 amide bonds. The zero-order valence-corrected chi connectivity index (χ0v) is 8.70. The van der Waals surface area contributed by atoms with Crippen molar-refractivity contribution in [2.45, 2.75) is 0 Å². The molecule has 0 atom stereocenters. The molecule has 0 spiro atoms. The van der Waals surface area contributed by atoms with Gasteiger partial charge >= 0.3 is 0 Å². The highest BCUT2D eigenvalue weighted by Crippen LogP contribution is 2.11. The smallest absolute Gasteiger partial charge is 0.287 e. The quantitative estimate of drug-likeness (QED) is 0.476. The number of nitrogens with zero attached hydrogens (tertiary/aromatic N) is 3. The molecule has 0 saturated carbocycles. The first-order chi connectivity index (χ1) is 8.25. The van der Waals surface area contributed by atoms with Gasteiger partial charge in [0.15, 0.2) is 0 Å². The standard InChI is InChI=1S/C10H9N5O2/c16-15(17)9-3-4-10(12-7-9)14-13-6-8-2-1-5-11-8/h1-7,11H,(H,12,14). The van der Waals surface area contributed by atoms with Gasteiger partial charge in [-0.25, -0.2) is 4.98 Å². The van der Waals surface area contributed by atoms with Crippen molar-refractivity contribution < 1.29 is 4.92 Å². The molecule has 0 saturated heterocycles. The highest BCUT2D eigenvalue weighted by molar-refractivity contribution is 5.77. The first-order valence-electron chi connectivity index (χ1n) is 4.78. The van der Waals surface area contributed by atoms with Crippen molar-refractivity contribution >= 4 is 17.7 Å². The fourth-order valence-corrected chi connectivity index (χ4v) is 1.15. The molecule has 0 radical (unpaired) electrons. The summed E-state index contributed by atoms with van der Waals surface area (Å²) in [5, 5.41) is 14.3. The lowest BCUT2D eigenvalue weighted by atomic mass is 10.4. The van der Waals surface area contributed by atoms with Gasteiger partial charge in [-0.3, -0.25) is 15.5 Å². The molecule has 2 aromatic heterocycles. The minimum Gasteiger partial charge on any atom is -0.360 e. The van der Waals surface area contributed by atoms with E-state index in [0.29, 0.717) is 5.82 Å². The number of aromatic amines is 1. The van der Waals surface area contributed by atoms with Crippen LogP contribution in [-0.2, 0) is 0 Å². The van der Waals surface area contributed by atoms with Gasteiger partial charge in [0.2, 0.25) is 0 Å². The second-order valence-corrected chi connectivity index (χ2v) is 3.15. The van der Waals surface area contributed by atoms with Gasteiger partial charge in [-0.15, -0.1) is 0 Å². The van der Waals surface area contributed by atoms with E-state index in [-0.39, 0.29) is 5.69 Å². The Hall–Kier alpha value is -2.70. The molecule has 0 bridgehead atoms. The van der Waals surface area contributed by atoms with Crippen LogP contribution >= 0.6 is 0 Å². The summed E-state index contributed by atoms with van der Waals surface area (Å²) in [6, 6.07) is 6.56. The van der Waals surface area contributed by atoms with Crippen LogP contribution in [0.4, 0.5) is 11.5 Å². The Balaban J connectivity index is 1.97. The Morgan fingerprint density at radius 2 is 2.35 bits per heavy atom. The van der Waals surface area contributed by atoms with Crippen LogP contribution in [-0.4, -0.2) is 21.1 Å². The lowest BCUT2D eigenvalue weighted by Gasteiger charge is -1.97. The van der Waals surface area contributed by atoms with Crippen LogP contribution in [0.15, 0.2) is 41.8 Å². The fraction of sp³-hybridized carbons (Fsp3) is 0. The molecule has 17 heavy (non-hydrogen) atoms. The minimum atomic E-state index is -0.501. The van der Waals surface area contributed by atoms with E-state index >= 15 is 0 Å². The molecular formula is C10H9N5O2. The monoisotopic (exact) mass is 231 g/mol. The SMILES string of the molecule is O=[N+]([O-])c1ccc(NN=Cc2ccc[nH]2)nc1. The summed E-state index contributed by atoms with van der Waals surface area (Å²) in [6.45, 7) is 0. The van der Waals surface area contributed by atoms with E-state index in [4.69, 9.17) is 0 Å². The highest BCUT2D eigenvalue weighted by Gasteiger charge is 2.03. The van der Waals surface area contributed by atoms with Crippen LogP contribution < -0.4 is 5.43 Å². The molecule has 2 heterocycles. The van der Waals surface area contributed by atoms with Gasteiger partial charge in [0.1, 0.15) is 12.0 Å². The van der Waals surface area contributed by atoms with Gasteiger partial charge in [-0.1, -0.05) is 0 Å². The molecular weight excluding hydrogens is 222 g/mol. The average molecular weight is 231 g/mol. The topological polar surface area (TPSA) is 96.2 Å². The zero-order chi connectivity index (χ0) is 12.1. The van der Waals surface area contributed by atoms with Crippen molar-refractivity contribution in [2.75, 3.05) is 5.43 Å². The molecule has 7 nitrogen and oxygen atoms in total. The normalized spacial score (nSPS) is 10.6. The molecule has 2 aromatic rings. The van der Waals surface area contributed by atoms with Crippen molar-refractivity contribution in [2.24, 2.45) is 5.10 Å². The summed E-state index contributed by atoms with van der Waals surface area (Å²) in [6.07, 6.45) is 4.54. The van der Waals surface area contributed by atoms with E-state index in [1.165, 1.54) is 18.3 Å². The molecule has 0 unspecified atom stereocenters. The Kier molecular flexibility index (Phi) is 3.10. The van der Waals surface area contributed by atoms with Crippen LogP contribution in [0.1, 0.15) is 5.69 Å². The Morgan fingerprint density at radius 3 is 2.94 bits per heavy atom. The number of nitrogens with one attached hydrogen (secondary N) is 2. The lowest BCUT2D eigenvalue weighted by molar-refractivity contribution is -0.385. The maximum absolute atomic E-state index is 10.4. The summed E-state index contributed by atoms with van der Waals surface area (Å²) in [4.78, 5) is 16.7. The van der Waals surface area contributed by atoms with Crippen LogP contribution in [0.3, 0.4) is 0 Å². The third-order valence-electron chi connectivity index (χ3n) is 1.96. The summed E-state index contributed by atoms with van der Waals surface area (Å²) in [5.41, 5.74) is 3.46. The molecule has 2 N–H and O–H groups in total. The maximum atomic E-state index is 10.4. The summed E-state index contributed by atoms with van der Waals surface area (Å²) >= 11 is 0. The zero-order valence-electron chi connectivity index (χ0n) is 8.70. The molecule has 2 rings (SSSR count). The van der Waals surface area contributed by atoms with E-state index in [2.05, 4.69) is 20.5 Å². The van der Waals surface area contributed by atoms with E-state index < -0.39 is 4.92 Å². The minimum absolute atomic E-state index is 0.0519. The number of hydrogen-bond donors (Lipinski definition) is 2. The van der Waals surface area contributed by atoms with Gasteiger partial charge in [-0.2, -0.15) is 5.10 Å². The largest absolute Gasteiger partial charge is 0.360 e. The van der Waals surface area contributed by atoms with Crippen LogP contribution in [0.2, 0.25) is 0 Å². The number of pyridine rings is 1. The third-order valence-corrected chi connectivity index (χ3v) is 1.96. The van der Waals surface area contributed by atoms with Crippen LogP contribution in [0, 0.1) is 10.1 Å². The van der Waals surface area contributed by atoms with E-state index in [9.17, 15) is 10.1 Å². The number of rotatable bonds is 4. The second-order valence-electron chi connectivity index (χ2n) is 3.15. The van der Waals surface area contributed by atoms with E-state index in [1.807, 2.05) is 12.1 Å². The van der Waals surface area contributed by atoms with Crippen molar-refractivity contribution in [3.63, 3.8) is 0 Å². The number of hydrogen-bond acceptors (Lipinski definition) is 5. The van der Waals surface area contributed by atoms with Gasteiger partial charge in [0.25, 0.3) is 5.69 Å². The van der Waals surface area contributed by atoms with Crippen molar-refractivity contribution in [3.8, 4) is 0 Å². The first kappa shape index (κ1) is 10.8. The molecule has 0 aliphatic heterocycles. The van der Waals surface area contributed by atoms with Crippen molar-refractivity contribution in [3.05, 3.63) is 52.5 Å². The Morgan fingerprint density at radius 1 is 1.47 bits per heavy atom. The molecule has 0 aliphatic rings. The van der Waals surface area contributed by atoms with Gasteiger partial charge in [0.05, 0.1) is 16.8 Å². The number of aromatic nitrogens is 2. The number of hydrazone groups is 1. The van der Waals surface area contributed by atoms with Crippen LogP contribution in [0.5, 0.6) is 0 Å². The molecule has 86 valence electrons. The Labute approximate surface area is 96.4 Å². The second kappa shape index (κ2) is 4.88. The van der Waals surface area contributed by atoms with E-state index in [0.717, 1.165) is 5.69 Å². The maximum Gasteiger partial charge on any atom is 0.287 e. The lowest BCUT2D eigenvalue weighted by Crippen LogP contribution is -1.95. The summed E-state index contributed by atoms with van der Waals surface area (Å²) < 4.78 is 0. The molecule has 0 aromatic carbocycles. The van der Waals surface area contributed by atoms with Gasteiger partial charge < -0.3 is 4.98 Å². The fourth-order valence-electron chi connectivity index (χ4n) is 1.15. The number of nitro groups is 1. The van der Waals surface area contributed by atoms with Gasteiger partial charge in [-0.05, 0) is 18.2 Å². The number of H-pyrrole nitrogens is 1. The highest BCUT2D eigenvalue weighted by atomic mass is 16.6. The number of anilines is 1. The summed E-state index contributed by atoms with van der Waals surface area (Å²) in [5.74, 6) is 0.443. The Bertz CT molecular complexity index is 518. The van der Waals surface area contributed by atoms with Crippen LogP contribution in [0.25, 0.3) is 0 Å². The predicted molar refractivity (Wildman–Crippen MR) is 62.9 cm³/mol. The summed E-state index contributed by atoms with van der Waals surface area (Å²) in [7, 11) is 0. The van der Waals surface area contributed by atoms with Gasteiger partial charge in [0, 0.05) is 12.3 Å². The van der Waals surface area contributed by atoms with Crippen molar-refractivity contribution in [1.29, 1.82) is 0 Å². The first-order valence-corrected chi connectivity index (χ1v) is 4.78. The molecule has 0 aliphatic carbocycles. The van der Waals surface area contributed by atoms with Crippen molar-refractivity contribution in [1.82, 2.24) is 9.97 Å². The predicted octanol–water partition coefficient (Wildman–Crippen LogP) is 1.76. The molecule has 0 fully saturated rings. The third kappa shape index (κ3) is 2.88. The van der Waals surface area contributed by atoms with E-state index in [1.54, 1.807) is 12.4 Å².